The molecule has 1 N–H and O–H groups in total. The van der Waals surface area contributed by atoms with Crippen LogP contribution in [0, 0.1) is 10.5 Å². The van der Waals surface area contributed by atoms with Crippen molar-refractivity contribution in [3.63, 3.8) is 0 Å². The Labute approximate surface area is 169 Å². The van der Waals surface area contributed by atoms with Gasteiger partial charge in [0.25, 0.3) is 5.91 Å². The number of nitrogens with zero attached hydrogens (tertiary/aromatic N) is 2. The number of carbonyl (C=O) groups excluding carboxylic acids is 1. The van der Waals surface area contributed by atoms with E-state index in [1.54, 1.807) is 11.6 Å². The molecule has 7 heteroatoms. The van der Waals surface area contributed by atoms with Crippen molar-refractivity contribution in [2.24, 2.45) is 0 Å². The zero-order valence-corrected chi connectivity index (χ0v) is 16.9. The van der Waals surface area contributed by atoms with Gasteiger partial charge in [-0.2, -0.15) is 5.10 Å². The normalized spacial score (nSPS) is 10.7. The summed E-state index contributed by atoms with van der Waals surface area (Å²) >= 11 is 14.8. The van der Waals surface area contributed by atoms with Crippen molar-refractivity contribution < 1.29 is 4.79 Å². The van der Waals surface area contributed by atoms with Crippen LogP contribution in [0.2, 0.25) is 10.2 Å². The second kappa shape index (κ2) is 7.76. The van der Waals surface area contributed by atoms with Crippen LogP contribution in [0.5, 0.6) is 0 Å². The summed E-state index contributed by atoms with van der Waals surface area (Å²) in [6.45, 7) is 2.16. The molecule has 3 aromatic rings. The van der Waals surface area contributed by atoms with Gasteiger partial charge in [0.05, 0.1) is 17.8 Å². The van der Waals surface area contributed by atoms with E-state index in [0.29, 0.717) is 33.7 Å². The molecule has 0 radical (unpaired) electrons. The third kappa shape index (κ3) is 4.16. The van der Waals surface area contributed by atoms with E-state index in [2.05, 4.69) is 33.0 Å². The number of carbonyl (C=O) groups is 1. The number of nitrogens with one attached hydrogen (secondary N) is 1. The number of hydrogen-bond donors (Lipinski definition) is 1. The topological polar surface area (TPSA) is 46.9 Å². The van der Waals surface area contributed by atoms with Crippen molar-refractivity contribution in [3.05, 3.63) is 79.1 Å². The van der Waals surface area contributed by atoms with Crippen molar-refractivity contribution in [2.75, 3.05) is 5.32 Å². The van der Waals surface area contributed by atoms with Gasteiger partial charge < -0.3 is 5.32 Å². The molecule has 3 rings (SSSR count). The largest absolute Gasteiger partial charge is 0.322 e. The predicted molar refractivity (Wildman–Crippen MR) is 110 cm³/mol. The van der Waals surface area contributed by atoms with Crippen LogP contribution < -0.4 is 5.32 Å². The molecule has 0 saturated heterocycles. The third-order valence-electron chi connectivity index (χ3n) is 3.67. The molecule has 1 amide bonds. The molecule has 2 aromatic carbocycles. The number of anilines is 1. The number of aryl methyl sites for hydroxylation is 1. The van der Waals surface area contributed by atoms with E-state index in [-0.39, 0.29) is 5.91 Å². The summed E-state index contributed by atoms with van der Waals surface area (Å²) in [5.41, 5.74) is 2.53. The highest BCUT2D eigenvalue weighted by atomic mass is 127. The average Bonchev–Trinajstić information content (AvgIpc) is 2.86. The monoisotopic (exact) mass is 485 g/mol. The van der Waals surface area contributed by atoms with E-state index in [0.717, 1.165) is 9.13 Å². The number of hydrogen-bond acceptors (Lipinski definition) is 2. The minimum atomic E-state index is -0.283. The number of benzene rings is 2. The maximum atomic E-state index is 12.6. The SMILES string of the molecule is Cc1nn(Cc2ccccc2Cl)c(Cl)c1C(=O)Nc1ccc(I)cc1. The Bertz CT molecular complexity index is 923. The molecule has 0 unspecified atom stereocenters. The van der Waals surface area contributed by atoms with Crippen LogP contribution >= 0.6 is 45.8 Å². The van der Waals surface area contributed by atoms with Crippen LogP contribution in [0.15, 0.2) is 48.5 Å². The van der Waals surface area contributed by atoms with Gasteiger partial charge in [-0.05, 0) is 65.4 Å². The Morgan fingerprint density at radius 2 is 1.84 bits per heavy atom. The quantitative estimate of drug-likeness (QED) is 0.502. The number of rotatable bonds is 4. The van der Waals surface area contributed by atoms with Crippen LogP contribution in [-0.2, 0) is 6.54 Å². The van der Waals surface area contributed by atoms with Crippen molar-refractivity contribution in [1.82, 2.24) is 9.78 Å². The highest BCUT2D eigenvalue weighted by Crippen LogP contribution is 2.24. The van der Waals surface area contributed by atoms with E-state index < -0.39 is 0 Å². The molecule has 0 aliphatic heterocycles. The first-order valence-corrected chi connectivity index (χ1v) is 9.32. The fourth-order valence-electron chi connectivity index (χ4n) is 2.43. The van der Waals surface area contributed by atoms with Gasteiger partial charge in [-0.25, -0.2) is 4.68 Å². The van der Waals surface area contributed by atoms with Crippen LogP contribution in [0.1, 0.15) is 21.6 Å². The lowest BCUT2D eigenvalue weighted by Crippen LogP contribution is -2.13. The Morgan fingerprint density at radius 3 is 2.52 bits per heavy atom. The van der Waals surface area contributed by atoms with Gasteiger partial charge in [-0.15, -0.1) is 0 Å². The minimum absolute atomic E-state index is 0.283. The van der Waals surface area contributed by atoms with Crippen molar-refractivity contribution >= 4 is 57.4 Å². The molecule has 0 spiro atoms. The highest BCUT2D eigenvalue weighted by Gasteiger charge is 2.21. The fraction of sp³-hybridized carbons (Fsp3) is 0.111. The molecule has 0 aliphatic rings. The first kappa shape index (κ1) is 18.2. The Hall–Kier alpha value is -1.57. The van der Waals surface area contributed by atoms with Gasteiger partial charge >= 0.3 is 0 Å². The van der Waals surface area contributed by atoms with Gasteiger partial charge in [0.1, 0.15) is 5.15 Å². The Morgan fingerprint density at radius 1 is 1.16 bits per heavy atom. The van der Waals surface area contributed by atoms with E-state index in [9.17, 15) is 4.79 Å². The molecule has 128 valence electrons. The van der Waals surface area contributed by atoms with Gasteiger partial charge in [-0.1, -0.05) is 41.4 Å². The van der Waals surface area contributed by atoms with E-state index in [1.165, 1.54) is 0 Å². The molecule has 0 aliphatic carbocycles. The maximum absolute atomic E-state index is 12.6. The number of aromatic nitrogens is 2. The molecule has 25 heavy (non-hydrogen) atoms. The summed E-state index contributed by atoms with van der Waals surface area (Å²) < 4.78 is 2.68. The van der Waals surface area contributed by atoms with Gasteiger partial charge in [-0.3, -0.25) is 4.79 Å². The predicted octanol–water partition coefficient (Wildman–Crippen LogP) is 5.40. The Balaban J connectivity index is 1.85. The minimum Gasteiger partial charge on any atom is -0.322 e. The standard InChI is InChI=1S/C18H14Cl2IN3O/c1-11-16(18(25)22-14-8-6-13(21)7-9-14)17(20)24(23-11)10-12-4-2-3-5-15(12)19/h2-9H,10H2,1H3,(H,22,25). The zero-order chi connectivity index (χ0) is 18.0. The molecular formula is C18H14Cl2IN3O. The fourth-order valence-corrected chi connectivity index (χ4v) is 3.31. The Kier molecular flexibility index (Phi) is 5.66. The van der Waals surface area contributed by atoms with Crippen LogP contribution in [0.4, 0.5) is 5.69 Å². The van der Waals surface area contributed by atoms with E-state index >= 15 is 0 Å². The van der Waals surface area contributed by atoms with E-state index in [1.807, 2.05) is 48.5 Å². The summed E-state index contributed by atoms with van der Waals surface area (Å²) in [5.74, 6) is -0.283. The molecule has 4 nitrogen and oxygen atoms in total. The first-order chi connectivity index (χ1) is 12.0. The average molecular weight is 486 g/mol. The molecule has 0 fully saturated rings. The molecule has 1 heterocycles. The zero-order valence-electron chi connectivity index (χ0n) is 13.3. The lowest BCUT2D eigenvalue weighted by molar-refractivity contribution is 0.102. The smallest absolute Gasteiger partial charge is 0.260 e. The molecule has 1 aromatic heterocycles. The van der Waals surface area contributed by atoms with Gasteiger partial charge in [0.15, 0.2) is 0 Å². The maximum Gasteiger partial charge on any atom is 0.260 e. The molecule has 0 saturated carbocycles. The lowest BCUT2D eigenvalue weighted by Gasteiger charge is -2.07. The highest BCUT2D eigenvalue weighted by molar-refractivity contribution is 14.1. The van der Waals surface area contributed by atoms with Crippen molar-refractivity contribution in [3.8, 4) is 0 Å². The summed E-state index contributed by atoms with van der Waals surface area (Å²) in [6.07, 6.45) is 0. The second-order valence-corrected chi connectivity index (χ2v) is 7.47. The summed E-state index contributed by atoms with van der Waals surface area (Å²) in [6, 6.07) is 15.0. The van der Waals surface area contributed by atoms with Crippen LogP contribution in [0.3, 0.4) is 0 Å². The van der Waals surface area contributed by atoms with Gasteiger partial charge in [0.2, 0.25) is 0 Å². The van der Waals surface area contributed by atoms with Crippen LogP contribution in [0.25, 0.3) is 0 Å². The molecular weight excluding hydrogens is 472 g/mol. The second-order valence-electron chi connectivity index (χ2n) is 5.46. The lowest BCUT2D eigenvalue weighted by atomic mass is 10.2. The van der Waals surface area contributed by atoms with Crippen molar-refractivity contribution in [2.45, 2.75) is 13.5 Å². The molecule has 0 bridgehead atoms. The third-order valence-corrected chi connectivity index (χ3v) is 5.14. The summed E-state index contributed by atoms with van der Waals surface area (Å²) in [4.78, 5) is 12.6. The van der Waals surface area contributed by atoms with Crippen LogP contribution in [-0.4, -0.2) is 15.7 Å². The van der Waals surface area contributed by atoms with Crippen molar-refractivity contribution in [1.29, 1.82) is 0 Å². The van der Waals surface area contributed by atoms with Gasteiger partial charge in [0, 0.05) is 14.3 Å². The summed E-state index contributed by atoms with van der Waals surface area (Å²) in [5, 5.41) is 8.16. The van der Waals surface area contributed by atoms with E-state index in [4.69, 9.17) is 23.2 Å². The summed E-state index contributed by atoms with van der Waals surface area (Å²) in [7, 11) is 0. The molecule has 0 atom stereocenters. The number of halogens is 3. The first-order valence-electron chi connectivity index (χ1n) is 7.49. The number of amides is 1.